The summed E-state index contributed by atoms with van der Waals surface area (Å²) in [7, 11) is 0. The van der Waals surface area contributed by atoms with Crippen LogP contribution in [-0.4, -0.2) is 9.97 Å². The molecule has 2 rings (SSSR count). The third-order valence-corrected chi connectivity index (χ3v) is 2.41. The lowest BCUT2D eigenvalue weighted by molar-refractivity contribution is 0.401. The molecule has 1 aromatic carbocycles. The average Bonchev–Trinajstić information content (AvgIpc) is 2.17. The molecule has 90 valence electrons. The first-order chi connectivity index (χ1) is 7.85. The van der Waals surface area contributed by atoms with Crippen LogP contribution in [0.1, 0.15) is 26.6 Å². The molecule has 0 aliphatic rings. The summed E-state index contributed by atoms with van der Waals surface area (Å²) >= 11 is 0. The lowest BCUT2D eigenvalue weighted by atomic mass is 9.92. The number of hydrogen-bond donors (Lipinski definition) is 1. The van der Waals surface area contributed by atoms with Crippen LogP contribution < -0.4 is 5.56 Å². The van der Waals surface area contributed by atoms with Crippen LogP contribution in [0.4, 0.5) is 4.39 Å². The second kappa shape index (κ2) is 3.95. The van der Waals surface area contributed by atoms with Crippen molar-refractivity contribution in [1.29, 1.82) is 0 Å². The number of H-pyrrole nitrogens is 1. The van der Waals surface area contributed by atoms with Crippen molar-refractivity contribution in [3.05, 3.63) is 40.2 Å². The van der Waals surface area contributed by atoms with Crippen LogP contribution in [0.2, 0.25) is 0 Å². The highest BCUT2D eigenvalue weighted by atomic mass is 19.1. The molecule has 1 aromatic heterocycles. The normalized spacial score (nSPS) is 12.0. The number of aromatic nitrogens is 2. The Morgan fingerprint density at radius 3 is 2.71 bits per heavy atom. The quantitative estimate of drug-likeness (QED) is 0.824. The maximum Gasteiger partial charge on any atom is 0.258 e. The van der Waals surface area contributed by atoms with Gasteiger partial charge < -0.3 is 4.98 Å². The van der Waals surface area contributed by atoms with Gasteiger partial charge in [0.05, 0.1) is 10.9 Å². The molecule has 0 saturated carbocycles. The highest BCUT2D eigenvalue weighted by Gasteiger charge is 2.14. The van der Waals surface area contributed by atoms with Crippen LogP contribution in [0, 0.1) is 11.2 Å². The number of nitrogens with one attached hydrogen (secondary N) is 1. The highest BCUT2D eigenvalue weighted by molar-refractivity contribution is 5.77. The zero-order valence-electron chi connectivity index (χ0n) is 10.2. The number of fused-ring (bicyclic) bond motifs is 1. The van der Waals surface area contributed by atoms with Crippen LogP contribution in [0.3, 0.4) is 0 Å². The molecule has 17 heavy (non-hydrogen) atoms. The van der Waals surface area contributed by atoms with Gasteiger partial charge in [-0.15, -0.1) is 0 Å². The van der Waals surface area contributed by atoms with E-state index in [1.807, 2.05) is 0 Å². The van der Waals surface area contributed by atoms with Gasteiger partial charge in [0.1, 0.15) is 11.6 Å². The van der Waals surface area contributed by atoms with Crippen molar-refractivity contribution in [2.45, 2.75) is 27.2 Å². The Labute approximate surface area is 98.7 Å². The Morgan fingerprint density at radius 2 is 2.06 bits per heavy atom. The molecule has 0 aliphatic carbocycles. The monoisotopic (exact) mass is 234 g/mol. The van der Waals surface area contributed by atoms with Crippen LogP contribution >= 0.6 is 0 Å². The molecular formula is C13H15FN2O. The minimum absolute atomic E-state index is 0.0453. The lowest BCUT2D eigenvalue weighted by Crippen LogP contribution is -2.17. The zero-order valence-corrected chi connectivity index (χ0v) is 10.2. The van der Waals surface area contributed by atoms with Gasteiger partial charge in [-0.25, -0.2) is 9.37 Å². The second-order valence-corrected chi connectivity index (χ2v) is 5.41. The Morgan fingerprint density at radius 1 is 1.35 bits per heavy atom. The van der Waals surface area contributed by atoms with Gasteiger partial charge >= 0.3 is 0 Å². The fourth-order valence-electron chi connectivity index (χ4n) is 1.75. The van der Waals surface area contributed by atoms with Crippen molar-refractivity contribution in [2.24, 2.45) is 5.41 Å². The molecule has 1 heterocycles. The molecule has 1 N–H and O–H groups in total. The van der Waals surface area contributed by atoms with Crippen LogP contribution in [0.25, 0.3) is 10.9 Å². The predicted octanol–water partition coefficient (Wildman–Crippen LogP) is 2.65. The second-order valence-electron chi connectivity index (χ2n) is 5.41. The summed E-state index contributed by atoms with van der Waals surface area (Å²) in [5.41, 5.74) is 0.298. The molecule has 0 amide bonds. The summed E-state index contributed by atoms with van der Waals surface area (Å²) in [5.74, 6) is 0.218. The molecule has 4 heteroatoms. The van der Waals surface area contributed by atoms with Crippen molar-refractivity contribution < 1.29 is 4.39 Å². The maximum absolute atomic E-state index is 13.0. The lowest BCUT2D eigenvalue weighted by Gasteiger charge is -2.17. The zero-order chi connectivity index (χ0) is 12.6. The number of benzene rings is 1. The Kier molecular flexibility index (Phi) is 2.73. The van der Waals surface area contributed by atoms with E-state index in [9.17, 15) is 9.18 Å². The van der Waals surface area contributed by atoms with E-state index < -0.39 is 5.82 Å². The molecular weight excluding hydrogens is 219 g/mol. The van der Waals surface area contributed by atoms with Gasteiger partial charge in [0, 0.05) is 6.42 Å². The van der Waals surface area contributed by atoms with Crippen LogP contribution in [0.15, 0.2) is 23.0 Å². The van der Waals surface area contributed by atoms with Crippen molar-refractivity contribution in [3.8, 4) is 0 Å². The minimum atomic E-state index is -0.423. The Bertz CT molecular complexity index is 611. The fourth-order valence-corrected chi connectivity index (χ4v) is 1.75. The molecule has 0 spiro atoms. The third-order valence-electron chi connectivity index (χ3n) is 2.41. The van der Waals surface area contributed by atoms with E-state index >= 15 is 0 Å². The maximum atomic E-state index is 13.0. The summed E-state index contributed by atoms with van der Waals surface area (Å²) < 4.78 is 13.0. The van der Waals surface area contributed by atoms with Gasteiger partial charge in [0.2, 0.25) is 0 Å². The van der Waals surface area contributed by atoms with E-state index in [1.165, 1.54) is 18.2 Å². The van der Waals surface area contributed by atoms with Gasteiger partial charge in [-0.3, -0.25) is 4.79 Å². The first kappa shape index (κ1) is 11.8. The summed E-state index contributed by atoms with van der Waals surface area (Å²) in [6.45, 7) is 6.21. The van der Waals surface area contributed by atoms with Crippen molar-refractivity contribution in [2.75, 3.05) is 0 Å². The largest absolute Gasteiger partial charge is 0.310 e. The number of rotatable bonds is 1. The van der Waals surface area contributed by atoms with Crippen LogP contribution in [-0.2, 0) is 6.42 Å². The summed E-state index contributed by atoms with van der Waals surface area (Å²) in [4.78, 5) is 18.8. The van der Waals surface area contributed by atoms with E-state index in [2.05, 4.69) is 30.7 Å². The van der Waals surface area contributed by atoms with E-state index in [0.717, 1.165) is 0 Å². The number of hydrogen-bond acceptors (Lipinski definition) is 2. The summed E-state index contributed by atoms with van der Waals surface area (Å²) in [6.07, 6.45) is 0.676. The molecule has 2 aromatic rings. The van der Waals surface area contributed by atoms with Gasteiger partial charge in [-0.2, -0.15) is 0 Å². The molecule has 0 radical (unpaired) electrons. The van der Waals surface area contributed by atoms with Crippen molar-refractivity contribution in [3.63, 3.8) is 0 Å². The molecule has 0 bridgehead atoms. The van der Waals surface area contributed by atoms with E-state index in [4.69, 9.17) is 0 Å². The molecule has 0 aliphatic heterocycles. The third kappa shape index (κ3) is 2.70. The van der Waals surface area contributed by atoms with Gasteiger partial charge in [-0.1, -0.05) is 20.8 Å². The molecule has 0 unspecified atom stereocenters. The molecule has 0 fully saturated rings. The summed E-state index contributed by atoms with van der Waals surface area (Å²) in [5, 5.41) is 0.294. The molecule has 3 nitrogen and oxygen atoms in total. The smallest absolute Gasteiger partial charge is 0.258 e. The van der Waals surface area contributed by atoms with Gasteiger partial charge in [0.25, 0.3) is 5.56 Å². The number of halogens is 1. The van der Waals surface area contributed by atoms with Crippen molar-refractivity contribution >= 4 is 10.9 Å². The number of aromatic amines is 1. The van der Waals surface area contributed by atoms with Gasteiger partial charge in [-0.05, 0) is 23.6 Å². The summed E-state index contributed by atoms with van der Waals surface area (Å²) in [6, 6.07) is 4.06. The Balaban J connectivity index is 2.57. The first-order valence-corrected chi connectivity index (χ1v) is 5.54. The van der Waals surface area contributed by atoms with Crippen molar-refractivity contribution in [1.82, 2.24) is 9.97 Å². The SMILES string of the molecule is CC(C)(C)Cc1nc2ccc(F)cc2c(=O)[nH]1. The molecule has 0 saturated heterocycles. The topological polar surface area (TPSA) is 45.8 Å². The van der Waals surface area contributed by atoms with E-state index in [-0.39, 0.29) is 11.0 Å². The Hall–Kier alpha value is -1.71. The predicted molar refractivity (Wildman–Crippen MR) is 65.5 cm³/mol. The van der Waals surface area contributed by atoms with E-state index in [1.54, 1.807) is 0 Å². The average molecular weight is 234 g/mol. The minimum Gasteiger partial charge on any atom is -0.310 e. The molecule has 0 atom stereocenters. The highest BCUT2D eigenvalue weighted by Crippen LogP contribution is 2.18. The fraction of sp³-hybridized carbons (Fsp3) is 0.385. The van der Waals surface area contributed by atoms with Crippen LogP contribution in [0.5, 0.6) is 0 Å². The number of nitrogens with zero attached hydrogens (tertiary/aromatic N) is 1. The van der Waals surface area contributed by atoms with Gasteiger partial charge in [0.15, 0.2) is 0 Å². The first-order valence-electron chi connectivity index (χ1n) is 5.54. The standard InChI is InChI=1S/C13H15FN2O/c1-13(2,3)7-11-15-10-5-4-8(14)6-9(10)12(17)16-11/h4-6H,7H2,1-3H3,(H,15,16,17). The van der Waals surface area contributed by atoms with E-state index in [0.29, 0.717) is 23.1 Å².